The van der Waals surface area contributed by atoms with Gasteiger partial charge in [0.15, 0.2) is 5.82 Å². The molecular weight excluding hydrogens is 505 g/mol. The minimum atomic E-state index is -0.336. The maximum absolute atomic E-state index is 15.3. The molecule has 0 aliphatic carbocycles. The quantitative estimate of drug-likeness (QED) is 0.370. The van der Waals surface area contributed by atoms with Gasteiger partial charge in [0.1, 0.15) is 17.2 Å². The van der Waals surface area contributed by atoms with Crippen LogP contribution in [0, 0.1) is 19.7 Å². The monoisotopic (exact) mass is 541 g/mol. The zero-order chi connectivity index (χ0) is 27.8. The molecule has 10 heteroatoms. The third-order valence-corrected chi connectivity index (χ3v) is 8.08. The number of benzene rings is 1. The zero-order valence-electron chi connectivity index (χ0n) is 23.4. The van der Waals surface area contributed by atoms with Crippen molar-refractivity contribution in [1.29, 1.82) is 0 Å². The summed E-state index contributed by atoms with van der Waals surface area (Å²) in [5.41, 5.74) is 4.97. The van der Waals surface area contributed by atoms with E-state index in [9.17, 15) is 0 Å². The number of hydrogen-bond acceptors (Lipinski definition) is 8. The summed E-state index contributed by atoms with van der Waals surface area (Å²) in [5, 5.41) is 6.60. The third kappa shape index (κ3) is 5.16. The lowest BCUT2D eigenvalue weighted by atomic mass is 9.98. The first-order valence-electron chi connectivity index (χ1n) is 14.0. The minimum absolute atomic E-state index is 0.306. The Morgan fingerprint density at radius 3 is 2.50 bits per heavy atom. The molecule has 0 radical (unpaired) electrons. The van der Waals surface area contributed by atoms with Gasteiger partial charge in [0.05, 0.1) is 23.1 Å². The normalized spacial score (nSPS) is 16.9. The van der Waals surface area contributed by atoms with Gasteiger partial charge in [-0.15, -0.1) is 0 Å². The fourth-order valence-electron chi connectivity index (χ4n) is 5.81. The van der Waals surface area contributed by atoms with Crippen molar-refractivity contribution in [2.45, 2.75) is 32.7 Å². The van der Waals surface area contributed by atoms with Gasteiger partial charge in [-0.3, -0.25) is 0 Å². The Balaban J connectivity index is 1.22. The Labute approximate surface area is 234 Å². The number of hydrogen-bond donors (Lipinski definition) is 2. The van der Waals surface area contributed by atoms with E-state index >= 15 is 4.39 Å². The zero-order valence-corrected chi connectivity index (χ0v) is 23.4. The van der Waals surface area contributed by atoms with Crippen LogP contribution in [0.4, 0.5) is 21.8 Å². The van der Waals surface area contributed by atoms with E-state index in [1.807, 2.05) is 32.0 Å². The number of fused-ring (bicyclic) bond motifs is 1. The summed E-state index contributed by atoms with van der Waals surface area (Å²) in [6, 6.07) is 7.84. The Hall–Kier alpha value is -3.89. The summed E-state index contributed by atoms with van der Waals surface area (Å²) in [7, 11) is 2.14. The van der Waals surface area contributed by atoms with Crippen LogP contribution < -0.4 is 15.5 Å². The van der Waals surface area contributed by atoms with E-state index in [2.05, 4.69) is 58.6 Å². The molecule has 2 aliphatic heterocycles. The predicted molar refractivity (Wildman–Crippen MR) is 158 cm³/mol. The van der Waals surface area contributed by atoms with E-state index in [-0.39, 0.29) is 5.82 Å². The van der Waals surface area contributed by atoms with Gasteiger partial charge in [-0.25, -0.2) is 24.3 Å². The van der Waals surface area contributed by atoms with Gasteiger partial charge in [-0.2, -0.15) is 0 Å². The molecule has 2 N–H and O–H groups in total. The van der Waals surface area contributed by atoms with E-state index in [1.54, 1.807) is 12.4 Å². The van der Waals surface area contributed by atoms with Crippen molar-refractivity contribution < 1.29 is 4.39 Å². The molecule has 0 spiro atoms. The number of pyridine rings is 1. The number of piperidine rings is 1. The average Bonchev–Trinajstić information content (AvgIpc) is 3.30. The van der Waals surface area contributed by atoms with Crippen LogP contribution in [0.2, 0.25) is 0 Å². The second-order valence-electron chi connectivity index (χ2n) is 10.8. The number of likely N-dealkylation sites (tertiary alicyclic amines) is 1. The molecule has 5 heterocycles. The van der Waals surface area contributed by atoms with Crippen molar-refractivity contribution >= 4 is 34.1 Å². The topological polar surface area (TPSA) is 87.0 Å². The smallest absolute Gasteiger partial charge is 0.227 e. The number of aromatic nitrogens is 5. The van der Waals surface area contributed by atoms with Gasteiger partial charge in [0.2, 0.25) is 5.95 Å². The number of imidazole rings is 1. The van der Waals surface area contributed by atoms with E-state index in [4.69, 9.17) is 0 Å². The van der Waals surface area contributed by atoms with Gasteiger partial charge in [-0.05, 0) is 82.2 Å². The first kappa shape index (κ1) is 26.3. The van der Waals surface area contributed by atoms with E-state index < -0.39 is 0 Å². The van der Waals surface area contributed by atoms with Gasteiger partial charge in [0, 0.05) is 44.0 Å². The molecule has 4 aromatic rings. The number of halogens is 1. The molecule has 0 amide bonds. The second kappa shape index (κ2) is 10.9. The van der Waals surface area contributed by atoms with Crippen molar-refractivity contribution in [3.8, 4) is 0 Å². The SMILES string of the molecule is C=C(c1cc(F)c2nc(C)n(C3CCN(C)CC3)c2c1)c1cnc(Nc2ccc(N3CCNCC3)nc2)nc1C. The predicted octanol–water partition coefficient (Wildman–Crippen LogP) is 4.46. The Morgan fingerprint density at radius 1 is 1.02 bits per heavy atom. The summed E-state index contributed by atoms with van der Waals surface area (Å²) in [6.45, 7) is 14.1. The maximum Gasteiger partial charge on any atom is 0.227 e. The van der Waals surface area contributed by atoms with Crippen molar-refractivity contribution in [3.63, 3.8) is 0 Å². The number of piperazine rings is 1. The van der Waals surface area contributed by atoms with Gasteiger partial charge < -0.3 is 25.0 Å². The number of aryl methyl sites for hydroxylation is 2. The van der Waals surface area contributed by atoms with Gasteiger partial charge in [-0.1, -0.05) is 6.58 Å². The van der Waals surface area contributed by atoms with Crippen LogP contribution in [0.1, 0.15) is 41.5 Å². The van der Waals surface area contributed by atoms with E-state index in [0.717, 1.165) is 86.2 Å². The largest absolute Gasteiger partial charge is 0.354 e. The molecule has 3 aromatic heterocycles. The lowest BCUT2D eigenvalue weighted by Gasteiger charge is -2.31. The third-order valence-electron chi connectivity index (χ3n) is 8.08. The fraction of sp³-hybridized carbons (Fsp3) is 0.400. The molecule has 1 aromatic carbocycles. The van der Waals surface area contributed by atoms with Crippen LogP contribution in [-0.2, 0) is 0 Å². The molecule has 0 saturated carbocycles. The van der Waals surface area contributed by atoms with Crippen molar-refractivity contribution in [2.75, 3.05) is 56.5 Å². The highest BCUT2D eigenvalue weighted by molar-refractivity contribution is 5.86. The van der Waals surface area contributed by atoms with Crippen LogP contribution in [0.25, 0.3) is 16.6 Å². The van der Waals surface area contributed by atoms with Crippen LogP contribution in [0.15, 0.2) is 43.2 Å². The fourth-order valence-corrected chi connectivity index (χ4v) is 5.81. The summed E-state index contributed by atoms with van der Waals surface area (Å²) < 4.78 is 17.5. The molecule has 9 nitrogen and oxygen atoms in total. The maximum atomic E-state index is 15.3. The molecule has 6 rings (SSSR count). The molecule has 2 saturated heterocycles. The molecule has 2 aliphatic rings. The molecule has 40 heavy (non-hydrogen) atoms. The molecule has 0 unspecified atom stereocenters. The second-order valence-corrected chi connectivity index (χ2v) is 10.8. The lowest BCUT2D eigenvalue weighted by molar-refractivity contribution is 0.222. The van der Waals surface area contributed by atoms with E-state index in [1.165, 1.54) is 6.07 Å². The first-order chi connectivity index (χ1) is 19.4. The Morgan fingerprint density at radius 2 is 1.80 bits per heavy atom. The van der Waals surface area contributed by atoms with Crippen LogP contribution >= 0.6 is 0 Å². The average molecular weight is 542 g/mol. The first-order valence-corrected chi connectivity index (χ1v) is 14.0. The minimum Gasteiger partial charge on any atom is -0.354 e. The van der Waals surface area contributed by atoms with Crippen molar-refractivity contribution in [2.24, 2.45) is 0 Å². The highest BCUT2D eigenvalue weighted by Crippen LogP contribution is 2.33. The van der Waals surface area contributed by atoms with Gasteiger partial charge >= 0.3 is 0 Å². The number of anilines is 3. The molecular formula is C30H36FN9. The van der Waals surface area contributed by atoms with Crippen molar-refractivity contribution in [3.05, 3.63) is 71.7 Å². The van der Waals surface area contributed by atoms with Crippen LogP contribution in [-0.4, -0.2) is 75.7 Å². The van der Waals surface area contributed by atoms with Crippen LogP contribution in [0.3, 0.4) is 0 Å². The molecule has 208 valence electrons. The Kier molecular flexibility index (Phi) is 7.20. The highest BCUT2D eigenvalue weighted by atomic mass is 19.1. The van der Waals surface area contributed by atoms with Crippen molar-refractivity contribution in [1.82, 2.24) is 34.7 Å². The number of rotatable bonds is 6. The summed E-state index contributed by atoms with van der Waals surface area (Å²) >= 11 is 0. The summed E-state index contributed by atoms with van der Waals surface area (Å²) in [4.78, 5) is 23.0. The lowest BCUT2D eigenvalue weighted by Crippen LogP contribution is -2.43. The van der Waals surface area contributed by atoms with Gasteiger partial charge in [0.25, 0.3) is 0 Å². The van der Waals surface area contributed by atoms with E-state index in [0.29, 0.717) is 28.6 Å². The highest BCUT2D eigenvalue weighted by Gasteiger charge is 2.24. The summed E-state index contributed by atoms with van der Waals surface area (Å²) in [6.07, 6.45) is 5.59. The molecule has 0 bridgehead atoms. The standard InChI is InChI=1S/C30H36FN9/c1-19(22-15-26(31)29-27(16-22)40(21(3)36-29)24-7-11-38(4)12-8-24)25-18-34-30(35-20(25)2)37-23-5-6-28(33-17-23)39-13-9-32-10-14-39/h5-6,15-18,24,32H,1,7-14H2,2-4H3,(H,34,35,37). The summed E-state index contributed by atoms with van der Waals surface area (Å²) in [5.74, 6) is 1.95. The number of nitrogens with zero attached hydrogens (tertiary/aromatic N) is 7. The number of nitrogens with one attached hydrogen (secondary N) is 2. The van der Waals surface area contributed by atoms with Crippen LogP contribution in [0.5, 0.6) is 0 Å². The molecule has 0 atom stereocenters. The molecule has 2 fully saturated rings. The Bertz CT molecular complexity index is 1530.